The van der Waals surface area contributed by atoms with Crippen molar-refractivity contribution in [2.45, 2.75) is 51.9 Å². The molecule has 2 fully saturated rings. The summed E-state index contributed by atoms with van der Waals surface area (Å²) in [5.74, 6) is 3.25. The number of hydrogen-bond donors (Lipinski definition) is 1. The number of aliphatic imine (C=N–C) groups is 1. The molecule has 3 atom stereocenters. The minimum absolute atomic E-state index is 0.475. The van der Waals surface area contributed by atoms with E-state index in [-0.39, 0.29) is 0 Å². The smallest absolute Gasteiger partial charge is 0.122 e. The lowest BCUT2D eigenvalue weighted by molar-refractivity contribution is 0.211. The first-order chi connectivity index (χ1) is 12.6. The molecule has 0 aromatic heterocycles. The van der Waals surface area contributed by atoms with Gasteiger partial charge in [0.2, 0.25) is 0 Å². The van der Waals surface area contributed by atoms with Crippen molar-refractivity contribution in [3.05, 3.63) is 23.8 Å². The number of likely N-dealkylation sites (N-methyl/N-ethyl adjacent to an activating group) is 1. The Morgan fingerprint density at radius 1 is 1.27 bits per heavy atom. The monoisotopic (exact) mass is 354 g/mol. The van der Waals surface area contributed by atoms with Gasteiger partial charge in [-0.05, 0) is 56.4 Å². The zero-order chi connectivity index (χ0) is 18.1. The molecule has 0 amide bonds. The minimum Gasteiger partial charge on any atom is -0.357 e. The van der Waals surface area contributed by atoms with Gasteiger partial charge in [0.05, 0.1) is 0 Å². The number of amidine groups is 2. The number of hydrogen-bond acceptors (Lipinski definition) is 3. The topological polar surface area (TPSA) is 42.7 Å². The van der Waals surface area contributed by atoms with Crippen LogP contribution in [0, 0.1) is 22.7 Å². The van der Waals surface area contributed by atoms with Gasteiger partial charge in [0, 0.05) is 39.0 Å². The first-order valence-electron chi connectivity index (χ1n) is 10.5. The molecule has 142 valence electrons. The van der Waals surface area contributed by atoms with E-state index >= 15 is 0 Å². The van der Waals surface area contributed by atoms with Gasteiger partial charge in [0.1, 0.15) is 11.7 Å². The summed E-state index contributed by atoms with van der Waals surface area (Å²) < 4.78 is 0. The van der Waals surface area contributed by atoms with Crippen LogP contribution in [0.25, 0.3) is 0 Å². The van der Waals surface area contributed by atoms with Crippen molar-refractivity contribution >= 4 is 11.7 Å². The molecule has 26 heavy (non-hydrogen) atoms. The maximum atomic E-state index is 8.47. The van der Waals surface area contributed by atoms with Crippen LogP contribution in [0.5, 0.6) is 0 Å². The molecular weight excluding hydrogens is 320 g/mol. The first kappa shape index (κ1) is 18.0. The number of nitrogens with one attached hydrogen (secondary N) is 1. The molecule has 1 saturated heterocycles. The third-order valence-corrected chi connectivity index (χ3v) is 7.39. The molecule has 0 radical (unpaired) electrons. The number of allylic oxidation sites excluding steroid dienone is 4. The van der Waals surface area contributed by atoms with Crippen LogP contribution in [-0.4, -0.2) is 54.7 Å². The number of piperazine rings is 1. The average molecular weight is 355 g/mol. The molecule has 2 aliphatic carbocycles. The normalized spacial score (nSPS) is 35.3. The molecule has 4 heteroatoms. The Hall–Kier alpha value is -1.42. The Bertz CT molecular complexity index is 639. The minimum atomic E-state index is 0.475. The zero-order valence-corrected chi connectivity index (χ0v) is 16.5. The van der Waals surface area contributed by atoms with Gasteiger partial charge in [-0.3, -0.25) is 5.41 Å². The van der Waals surface area contributed by atoms with E-state index in [2.05, 4.69) is 42.0 Å². The van der Waals surface area contributed by atoms with E-state index in [1.54, 1.807) is 5.57 Å². The van der Waals surface area contributed by atoms with E-state index in [0.29, 0.717) is 17.2 Å². The highest BCUT2D eigenvalue weighted by molar-refractivity contribution is 5.96. The summed E-state index contributed by atoms with van der Waals surface area (Å²) in [7, 11) is 2.19. The van der Waals surface area contributed by atoms with E-state index in [9.17, 15) is 0 Å². The summed E-state index contributed by atoms with van der Waals surface area (Å²) in [6.07, 6.45) is 15.0. The molecule has 0 aromatic rings. The summed E-state index contributed by atoms with van der Waals surface area (Å²) in [6.45, 7) is 6.81. The molecule has 0 aromatic carbocycles. The van der Waals surface area contributed by atoms with Gasteiger partial charge in [-0.1, -0.05) is 30.7 Å². The van der Waals surface area contributed by atoms with Crippen molar-refractivity contribution in [2.75, 3.05) is 33.2 Å². The van der Waals surface area contributed by atoms with Crippen LogP contribution < -0.4 is 0 Å². The second-order valence-corrected chi connectivity index (χ2v) is 9.00. The van der Waals surface area contributed by atoms with Gasteiger partial charge < -0.3 is 9.80 Å². The fourth-order valence-corrected chi connectivity index (χ4v) is 5.32. The quantitative estimate of drug-likeness (QED) is 0.829. The molecule has 4 rings (SSSR count). The molecule has 4 aliphatic rings. The standard InChI is InChI=1S/C22H34N4/c1-17-7-8-21(26-13-11-25(2)12-14-26)24-20(23)15-19-16-22(17,19)10-9-18-5-3-4-6-18/h3-5,17,19,23H,6-16H2,1-2H3. The summed E-state index contributed by atoms with van der Waals surface area (Å²) >= 11 is 0. The highest BCUT2D eigenvalue weighted by Gasteiger charge is 2.56. The van der Waals surface area contributed by atoms with E-state index < -0.39 is 0 Å². The van der Waals surface area contributed by atoms with Crippen LogP contribution in [0.3, 0.4) is 0 Å². The van der Waals surface area contributed by atoms with Gasteiger partial charge in [0.15, 0.2) is 0 Å². The summed E-state index contributed by atoms with van der Waals surface area (Å²) in [5.41, 5.74) is 2.07. The second-order valence-electron chi connectivity index (χ2n) is 9.00. The molecule has 2 aliphatic heterocycles. The second kappa shape index (κ2) is 7.30. The SMILES string of the molecule is CC1CCC(N2CCN(C)CC2)=NC(=N)CC2CC12CCC1=CC=CC1. The maximum absolute atomic E-state index is 8.47. The van der Waals surface area contributed by atoms with E-state index in [0.717, 1.165) is 51.4 Å². The summed E-state index contributed by atoms with van der Waals surface area (Å²) in [4.78, 5) is 9.64. The number of rotatable bonds is 3. The van der Waals surface area contributed by atoms with Crippen LogP contribution in [0.2, 0.25) is 0 Å². The largest absolute Gasteiger partial charge is 0.357 e. The third kappa shape index (κ3) is 3.66. The van der Waals surface area contributed by atoms with Crippen molar-refractivity contribution in [3.63, 3.8) is 0 Å². The Balaban J connectivity index is 1.41. The van der Waals surface area contributed by atoms with E-state index in [1.165, 1.54) is 31.5 Å². The zero-order valence-electron chi connectivity index (χ0n) is 16.5. The highest BCUT2D eigenvalue weighted by atomic mass is 15.3. The van der Waals surface area contributed by atoms with Crippen molar-refractivity contribution < 1.29 is 0 Å². The lowest BCUT2D eigenvalue weighted by Gasteiger charge is -2.35. The molecule has 1 N–H and O–H groups in total. The van der Waals surface area contributed by atoms with Crippen LogP contribution in [0.4, 0.5) is 0 Å². The van der Waals surface area contributed by atoms with Crippen molar-refractivity contribution in [1.29, 1.82) is 5.41 Å². The predicted molar refractivity (Wildman–Crippen MR) is 109 cm³/mol. The molecular formula is C22H34N4. The fourth-order valence-electron chi connectivity index (χ4n) is 5.32. The molecule has 3 unspecified atom stereocenters. The predicted octanol–water partition coefficient (Wildman–Crippen LogP) is 4.10. The molecule has 4 nitrogen and oxygen atoms in total. The van der Waals surface area contributed by atoms with E-state index in [4.69, 9.17) is 10.4 Å². The van der Waals surface area contributed by atoms with Crippen LogP contribution in [-0.2, 0) is 0 Å². The molecule has 0 bridgehead atoms. The van der Waals surface area contributed by atoms with Crippen molar-refractivity contribution in [1.82, 2.24) is 9.80 Å². The molecule has 1 saturated carbocycles. The first-order valence-corrected chi connectivity index (χ1v) is 10.5. The Morgan fingerprint density at radius 2 is 2.08 bits per heavy atom. The highest BCUT2D eigenvalue weighted by Crippen LogP contribution is 2.64. The van der Waals surface area contributed by atoms with Crippen LogP contribution >= 0.6 is 0 Å². The Labute approximate surface area is 158 Å². The number of fused-ring (bicyclic) bond motifs is 1. The Morgan fingerprint density at radius 3 is 2.81 bits per heavy atom. The van der Waals surface area contributed by atoms with Gasteiger partial charge in [-0.15, -0.1) is 0 Å². The van der Waals surface area contributed by atoms with Gasteiger partial charge in [-0.2, -0.15) is 0 Å². The van der Waals surface area contributed by atoms with Gasteiger partial charge in [-0.25, -0.2) is 4.99 Å². The lowest BCUT2D eigenvalue weighted by Crippen LogP contribution is -2.47. The fraction of sp³-hybridized carbons (Fsp3) is 0.727. The molecule has 2 heterocycles. The van der Waals surface area contributed by atoms with Gasteiger partial charge >= 0.3 is 0 Å². The van der Waals surface area contributed by atoms with Crippen molar-refractivity contribution in [2.24, 2.45) is 22.2 Å². The van der Waals surface area contributed by atoms with Crippen molar-refractivity contribution in [3.8, 4) is 0 Å². The Kier molecular flexibility index (Phi) is 5.05. The van der Waals surface area contributed by atoms with Crippen LogP contribution in [0.1, 0.15) is 51.9 Å². The lowest BCUT2D eigenvalue weighted by atomic mass is 9.80. The summed E-state index contributed by atoms with van der Waals surface area (Å²) in [5, 5.41) is 8.47. The average Bonchev–Trinajstić information content (AvgIpc) is 3.05. The summed E-state index contributed by atoms with van der Waals surface area (Å²) in [6, 6.07) is 0. The molecule has 0 spiro atoms. The van der Waals surface area contributed by atoms with E-state index in [1.807, 2.05) is 0 Å². The third-order valence-electron chi connectivity index (χ3n) is 7.39. The van der Waals surface area contributed by atoms with Gasteiger partial charge in [0.25, 0.3) is 0 Å². The number of nitrogens with zero attached hydrogens (tertiary/aromatic N) is 3. The van der Waals surface area contributed by atoms with Crippen LogP contribution in [0.15, 0.2) is 28.8 Å². The maximum Gasteiger partial charge on any atom is 0.122 e.